The Hall–Kier alpha value is -1.65. The second kappa shape index (κ2) is 9.03. The van der Waals surface area contributed by atoms with E-state index in [9.17, 15) is 22.0 Å². The summed E-state index contributed by atoms with van der Waals surface area (Å²) in [7, 11) is 0. The highest BCUT2D eigenvalue weighted by Crippen LogP contribution is 2.37. The predicted octanol–water partition coefficient (Wildman–Crippen LogP) is 7.75. The van der Waals surface area contributed by atoms with Gasteiger partial charge in [-0.15, -0.1) is 0 Å². The molecule has 0 atom stereocenters. The molecule has 150 valence electrons. The highest BCUT2D eigenvalue weighted by molar-refractivity contribution is 5.78. The van der Waals surface area contributed by atoms with Crippen molar-refractivity contribution in [2.45, 2.75) is 65.7 Å². The van der Waals surface area contributed by atoms with Crippen molar-refractivity contribution >= 4 is 5.57 Å². The largest absolute Gasteiger partial charge is 0.209 e. The fraction of sp³-hybridized carbons (Fsp3) is 0.545. The van der Waals surface area contributed by atoms with E-state index in [1.165, 1.54) is 6.92 Å². The number of halogens is 5. The van der Waals surface area contributed by atoms with E-state index >= 15 is 0 Å². The van der Waals surface area contributed by atoms with Gasteiger partial charge in [-0.1, -0.05) is 45.6 Å². The van der Waals surface area contributed by atoms with Crippen molar-refractivity contribution in [3.63, 3.8) is 0 Å². The molecular formula is C22H27F5. The third kappa shape index (κ3) is 4.61. The molecule has 0 unspecified atom stereocenters. The Labute approximate surface area is 158 Å². The molecule has 0 spiro atoms. The average Bonchev–Trinajstić information content (AvgIpc) is 2.66. The summed E-state index contributed by atoms with van der Waals surface area (Å²) in [6, 6.07) is 0. The summed E-state index contributed by atoms with van der Waals surface area (Å²) in [5, 5.41) is 0. The van der Waals surface area contributed by atoms with E-state index in [0.717, 1.165) is 44.9 Å². The highest BCUT2D eigenvalue weighted by atomic mass is 19.2. The molecule has 1 aromatic carbocycles. The van der Waals surface area contributed by atoms with Crippen molar-refractivity contribution in [3.05, 3.63) is 52.4 Å². The lowest BCUT2D eigenvalue weighted by Crippen LogP contribution is -2.15. The van der Waals surface area contributed by atoms with Gasteiger partial charge < -0.3 is 0 Å². The van der Waals surface area contributed by atoms with Crippen LogP contribution in [0.4, 0.5) is 22.0 Å². The van der Waals surface area contributed by atoms with E-state index in [4.69, 9.17) is 0 Å². The van der Waals surface area contributed by atoms with E-state index in [0.29, 0.717) is 12.3 Å². The minimum atomic E-state index is -1.41. The molecule has 0 heterocycles. The van der Waals surface area contributed by atoms with Crippen LogP contribution >= 0.6 is 0 Å². The number of benzene rings is 1. The van der Waals surface area contributed by atoms with Gasteiger partial charge in [0.25, 0.3) is 0 Å². The minimum absolute atomic E-state index is 0.0874. The molecule has 1 aliphatic rings. The summed E-state index contributed by atoms with van der Waals surface area (Å²) in [5.41, 5.74) is -1.90. The van der Waals surface area contributed by atoms with Gasteiger partial charge in [-0.25, -0.2) is 22.0 Å². The zero-order valence-electron chi connectivity index (χ0n) is 16.2. The van der Waals surface area contributed by atoms with Crippen molar-refractivity contribution in [1.82, 2.24) is 0 Å². The monoisotopic (exact) mass is 386 g/mol. The first-order chi connectivity index (χ1) is 12.7. The molecule has 1 aliphatic carbocycles. The lowest BCUT2D eigenvalue weighted by molar-refractivity contribution is 0.257. The third-order valence-corrected chi connectivity index (χ3v) is 5.86. The van der Waals surface area contributed by atoms with Gasteiger partial charge in [-0.2, -0.15) is 0 Å². The summed E-state index contributed by atoms with van der Waals surface area (Å²) in [4.78, 5) is 0. The average molecular weight is 386 g/mol. The molecule has 27 heavy (non-hydrogen) atoms. The minimum Gasteiger partial charge on any atom is -0.209 e. The first-order valence-electron chi connectivity index (χ1n) is 9.56. The maximum absolute atomic E-state index is 14.7. The van der Waals surface area contributed by atoms with Gasteiger partial charge in [0.1, 0.15) is 11.6 Å². The quantitative estimate of drug-likeness (QED) is 0.266. The summed E-state index contributed by atoms with van der Waals surface area (Å²) in [5.74, 6) is -5.14. The van der Waals surface area contributed by atoms with Crippen molar-refractivity contribution in [2.75, 3.05) is 0 Å². The second-order valence-electron chi connectivity index (χ2n) is 7.58. The van der Waals surface area contributed by atoms with Crippen LogP contribution in [0.3, 0.4) is 0 Å². The van der Waals surface area contributed by atoms with Crippen molar-refractivity contribution in [3.8, 4) is 0 Å². The summed E-state index contributed by atoms with van der Waals surface area (Å²) >= 11 is 0. The molecular weight excluding hydrogens is 359 g/mol. The number of hydrogen-bond acceptors (Lipinski definition) is 0. The third-order valence-electron chi connectivity index (χ3n) is 5.86. The lowest BCUT2D eigenvalue weighted by Gasteiger charge is -2.28. The van der Waals surface area contributed by atoms with Gasteiger partial charge in [-0.3, -0.25) is 0 Å². The fourth-order valence-corrected chi connectivity index (χ4v) is 4.01. The van der Waals surface area contributed by atoms with E-state index in [1.54, 1.807) is 0 Å². The molecule has 0 bridgehead atoms. The van der Waals surface area contributed by atoms with Gasteiger partial charge >= 0.3 is 0 Å². The highest BCUT2D eigenvalue weighted by Gasteiger charge is 2.27. The van der Waals surface area contributed by atoms with Crippen LogP contribution in [0.1, 0.15) is 69.1 Å². The number of hydrogen-bond donors (Lipinski definition) is 0. The molecule has 0 radical (unpaired) electrons. The zero-order chi connectivity index (χ0) is 20.3. The summed E-state index contributed by atoms with van der Waals surface area (Å²) in [6.45, 7) is 7.50. The van der Waals surface area contributed by atoms with E-state index in [-0.39, 0.29) is 17.5 Å². The van der Waals surface area contributed by atoms with E-state index < -0.39 is 40.2 Å². The van der Waals surface area contributed by atoms with Crippen LogP contribution in [0.2, 0.25) is 0 Å². The SMILES string of the molecule is C=C(C(F)=C(C)F)c1c(C)c(F)c(CCC2CCC(CC)CC2)c(F)c1F. The second-order valence-corrected chi connectivity index (χ2v) is 7.58. The van der Waals surface area contributed by atoms with E-state index in [2.05, 4.69) is 13.5 Å². The molecule has 0 aliphatic heterocycles. The predicted molar refractivity (Wildman–Crippen MR) is 99.1 cm³/mol. The van der Waals surface area contributed by atoms with Gasteiger partial charge in [0, 0.05) is 16.7 Å². The zero-order valence-corrected chi connectivity index (χ0v) is 16.2. The normalized spacial score (nSPS) is 21.2. The molecule has 0 nitrogen and oxygen atoms in total. The van der Waals surface area contributed by atoms with Crippen LogP contribution in [-0.4, -0.2) is 0 Å². The Morgan fingerprint density at radius 1 is 0.963 bits per heavy atom. The Balaban J connectivity index is 2.25. The molecule has 2 rings (SSSR count). The smallest absolute Gasteiger partial charge is 0.167 e. The van der Waals surface area contributed by atoms with Crippen molar-refractivity contribution < 1.29 is 22.0 Å². The Bertz CT molecular complexity index is 707. The van der Waals surface area contributed by atoms with Crippen LogP contribution in [0.5, 0.6) is 0 Å². The number of allylic oxidation sites excluding steroid dienone is 3. The van der Waals surface area contributed by atoms with Crippen LogP contribution < -0.4 is 0 Å². The number of rotatable bonds is 6. The molecule has 1 fully saturated rings. The summed E-state index contributed by atoms with van der Waals surface area (Å²) in [6.07, 6.45) is 6.09. The maximum Gasteiger partial charge on any atom is 0.167 e. The fourth-order valence-electron chi connectivity index (χ4n) is 4.01. The summed E-state index contributed by atoms with van der Waals surface area (Å²) < 4.78 is 70.6. The molecule has 0 aromatic heterocycles. The standard InChI is InChI=1S/C22H27F5/c1-5-15-6-8-16(9-7-15)10-11-17-20(25)13(3)18(22(27)21(17)26)12(2)19(24)14(4)23/h15-16H,2,5-11H2,1,3-4H3. The Morgan fingerprint density at radius 3 is 2.04 bits per heavy atom. The van der Waals surface area contributed by atoms with Gasteiger partial charge in [0.05, 0.1) is 0 Å². The molecule has 1 saturated carbocycles. The van der Waals surface area contributed by atoms with Crippen LogP contribution in [0, 0.1) is 36.2 Å². The first-order valence-corrected chi connectivity index (χ1v) is 9.56. The maximum atomic E-state index is 14.7. The Morgan fingerprint density at radius 2 is 1.52 bits per heavy atom. The first kappa shape index (κ1) is 21.6. The Kier molecular flexibility index (Phi) is 7.24. The van der Waals surface area contributed by atoms with E-state index in [1.807, 2.05) is 0 Å². The molecule has 0 N–H and O–H groups in total. The molecule has 1 aromatic rings. The lowest BCUT2D eigenvalue weighted by atomic mass is 9.78. The van der Waals surface area contributed by atoms with Gasteiger partial charge in [0.2, 0.25) is 0 Å². The molecule has 0 saturated heterocycles. The van der Waals surface area contributed by atoms with Crippen LogP contribution in [0.15, 0.2) is 18.2 Å². The van der Waals surface area contributed by atoms with Crippen molar-refractivity contribution in [1.29, 1.82) is 0 Å². The molecule has 0 amide bonds. The van der Waals surface area contributed by atoms with Crippen molar-refractivity contribution in [2.24, 2.45) is 11.8 Å². The van der Waals surface area contributed by atoms with Gasteiger partial charge in [0.15, 0.2) is 17.5 Å². The molecule has 5 heteroatoms. The van der Waals surface area contributed by atoms with Gasteiger partial charge in [-0.05, 0) is 44.1 Å². The van der Waals surface area contributed by atoms with Crippen LogP contribution in [0.25, 0.3) is 5.57 Å². The topological polar surface area (TPSA) is 0 Å². The van der Waals surface area contributed by atoms with Crippen LogP contribution in [-0.2, 0) is 6.42 Å².